The van der Waals surface area contributed by atoms with Crippen LogP contribution in [0.5, 0.6) is 0 Å². The maximum Gasteiger partial charge on any atom is 0.306 e. The smallest absolute Gasteiger partial charge is 0.306 e. The van der Waals surface area contributed by atoms with Crippen LogP contribution in [0.1, 0.15) is 155 Å². The maximum atomic E-state index is 12.1. The summed E-state index contributed by atoms with van der Waals surface area (Å²) in [5, 5.41) is 9.54. The highest BCUT2D eigenvalue weighted by Crippen LogP contribution is 2.11. The lowest BCUT2D eigenvalue weighted by atomic mass is 10.1. The Morgan fingerprint density at radius 3 is 1.58 bits per heavy atom. The maximum absolute atomic E-state index is 12.1. The molecule has 248 valence electrons. The van der Waals surface area contributed by atoms with Crippen LogP contribution in [0.3, 0.4) is 0 Å². The van der Waals surface area contributed by atoms with Crippen molar-refractivity contribution >= 4 is 5.97 Å². The average Bonchev–Trinajstić information content (AvgIpc) is 3.01. The molecule has 0 aliphatic heterocycles. The Bertz CT molecular complexity index is 719. The predicted molar refractivity (Wildman–Crippen MR) is 186 cm³/mol. The molecule has 0 aromatic carbocycles. The molecule has 0 amide bonds. The standard InChI is InChI=1S/C39H68O4/c1-3-5-7-9-11-13-15-17-19-20-21-22-24-26-28-30-32-34-39(41)43-38(36-40)37-42-35-33-31-29-27-25-23-18-16-14-12-10-8-6-4-2/h6,8,11-14,17-19,23,38,40H,3-5,7,9-10,15-16,20-22,24-37H2,1-2H3/b8-6-,13-11-,14-12-,19-17-,23-18-. The molecule has 0 aromatic rings. The topological polar surface area (TPSA) is 55.8 Å². The van der Waals surface area contributed by atoms with E-state index in [1.54, 1.807) is 0 Å². The fourth-order valence-corrected chi connectivity index (χ4v) is 4.66. The zero-order chi connectivity index (χ0) is 31.3. The van der Waals surface area contributed by atoms with Crippen LogP contribution in [-0.2, 0) is 14.3 Å². The summed E-state index contributed by atoms with van der Waals surface area (Å²) in [6.45, 7) is 5.14. The Kier molecular flexibility index (Phi) is 34.7. The molecule has 0 saturated carbocycles. The first-order chi connectivity index (χ1) is 21.2. The minimum absolute atomic E-state index is 0.187. The summed E-state index contributed by atoms with van der Waals surface area (Å²) in [5.74, 6) is -0.220. The molecule has 0 aromatic heterocycles. The quantitative estimate of drug-likeness (QED) is 0.0474. The lowest BCUT2D eigenvalue weighted by Gasteiger charge is -2.15. The molecule has 0 aliphatic rings. The average molecular weight is 601 g/mol. The normalized spacial score (nSPS) is 13.1. The minimum Gasteiger partial charge on any atom is -0.457 e. The molecule has 1 atom stereocenters. The van der Waals surface area contributed by atoms with Gasteiger partial charge in [-0.3, -0.25) is 4.79 Å². The largest absolute Gasteiger partial charge is 0.457 e. The van der Waals surface area contributed by atoms with E-state index >= 15 is 0 Å². The SMILES string of the molecule is CC/C=C\C/C=C\C/C=C\CCCCCCOCC(CO)OC(=O)CCCCCCCCC/C=C\C/C=C\CCCCC. The molecule has 0 saturated heterocycles. The summed E-state index contributed by atoms with van der Waals surface area (Å²) >= 11 is 0. The summed E-state index contributed by atoms with van der Waals surface area (Å²) in [7, 11) is 0. The Labute approximate surface area is 266 Å². The Morgan fingerprint density at radius 1 is 0.581 bits per heavy atom. The Hall–Kier alpha value is -1.91. The van der Waals surface area contributed by atoms with Gasteiger partial charge in [0.2, 0.25) is 0 Å². The molecule has 0 radical (unpaired) electrons. The van der Waals surface area contributed by atoms with Gasteiger partial charge < -0.3 is 14.6 Å². The summed E-state index contributed by atoms with van der Waals surface area (Å²) in [4.78, 5) is 12.1. The van der Waals surface area contributed by atoms with Gasteiger partial charge in [0, 0.05) is 13.0 Å². The van der Waals surface area contributed by atoms with Crippen molar-refractivity contribution in [2.75, 3.05) is 19.8 Å². The number of aliphatic hydroxyl groups excluding tert-OH is 1. The molecule has 1 unspecified atom stereocenters. The van der Waals surface area contributed by atoms with Gasteiger partial charge in [-0.05, 0) is 77.0 Å². The number of esters is 1. The summed E-state index contributed by atoms with van der Waals surface area (Å²) in [5.41, 5.74) is 0. The van der Waals surface area contributed by atoms with Gasteiger partial charge in [0.1, 0.15) is 6.10 Å². The second-order valence-corrected chi connectivity index (χ2v) is 11.6. The number of aliphatic hydroxyl groups is 1. The van der Waals surface area contributed by atoms with E-state index in [0.29, 0.717) is 13.0 Å². The predicted octanol–water partition coefficient (Wildman–Crippen LogP) is 11.3. The first kappa shape index (κ1) is 41.1. The molecular formula is C39H68O4. The Balaban J connectivity index is 3.52. The van der Waals surface area contributed by atoms with Gasteiger partial charge in [0.15, 0.2) is 0 Å². The van der Waals surface area contributed by atoms with Crippen molar-refractivity contribution in [2.45, 2.75) is 161 Å². The summed E-state index contributed by atoms with van der Waals surface area (Å²) in [6.07, 6.45) is 46.8. The highest BCUT2D eigenvalue weighted by molar-refractivity contribution is 5.69. The molecule has 4 nitrogen and oxygen atoms in total. The molecule has 0 spiro atoms. The van der Waals surface area contributed by atoms with Crippen LogP contribution in [0.25, 0.3) is 0 Å². The van der Waals surface area contributed by atoms with Crippen molar-refractivity contribution < 1.29 is 19.4 Å². The lowest BCUT2D eigenvalue weighted by molar-refractivity contribution is -0.154. The lowest BCUT2D eigenvalue weighted by Crippen LogP contribution is -2.27. The molecule has 43 heavy (non-hydrogen) atoms. The number of ether oxygens (including phenoxy) is 2. The van der Waals surface area contributed by atoms with Gasteiger partial charge in [0.05, 0.1) is 13.2 Å². The zero-order valence-corrected chi connectivity index (χ0v) is 28.2. The van der Waals surface area contributed by atoms with Gasteiger partial charge in [-0.25, -0.2) is 0 Å². The number of unbranched alkanes of at least 4 members (excludes halogenated alkanes) is 14. The van der Waals surface area contributed by atoms with E-state index in [1.807, 2.05) is 0 Å². The molecule has 0 fully saturated rings. The van der Waals surface area contributed by atoms with Gasteiger partial charge in [-0.1, -0.05) is 132 Å². The molecule has 1 N–H and O–H groups in total. The second-order valence-electron chi connectivity index (χ2n) is 11.6. The van der Waals surface area contributed by atoms with Crippen LogP contribution in [-0.4, -0.2) is 37.0 Å². The molecule has 0 aliphatic carbocycles. The molecule has 0 heterocycles. The number of hydrogen-bond acceptors (Lipinski definition) is 4. The van der Waals surface area contributed by atoms with Gasteiger partial charge >= 0.3 is 5.97 Å². The molecule has 4 heteroatoms. The molecule has 0 rings (SSSR count). The highest BCUT2D eigenvalue weighted by Gasteiger charge is 2.13. The summed E-state index contributed by atoms with van der Waals surface area (Å²) in [6, 6.07) is 0. The zero-order valence-electron chi connectivity index (χ0n) is 28.2. The minimum atomic E-state index is -0.551. The van der Waals surface area contributed by atoms with Crippen molar-refractivity contribution in [3.05, 3.63) is 60.8 Å². The van der Waals surface area contributed by atoms with Crippen molar-refractivity contribution in [1.82, 2.24) is 0 Å². The monoisotopic (exact) mass is 601 g/mol. The van der Waals surface area contributed by atoms with Crippen LogP contribution in [0.2, 0.25) is 0 Å². The summed E-state index contributed by atoms with van der Waals surface area (Å²) < 4.78 is 11.1. The van der Waals surface area contributed by atoms with E-state index in [-0.39, 0.29) is 19.2 Å². The number of carbonyl (C=O) groups is 1. The number of allylic oxidation sites excluding steroid dienone is 10. The second kappa shape index (κ2) is 36.3. The van der Waals surface area contributed by atoms with E-state index in [9.17, 15) is 9.90 Å². The number of rotatable bonds is 32. The van der Waals surface area contributed by atoms with Gasteiger partial charge in [0.25, 0.3) is 0 Å². The van der Waals surface area contributed by atoms with E-state index in [1.165, 1.54) is 77.0 Å². The van der Waals surface area contributed by atoms with Crippen LogP contribution in [0, 0.1) is 0 Å². The number of hydrogen-bond donors (Lipinski definition) is 1. The van der Waals surface area contributed by atoms with E-state index in [2.05, 4.69) is 74.6 Å². The van der Waals surface area contributed by atoms with E-state index < -0.39 is 6.10 Å². The molecule has 0 bridgehead atoms. The fraction of sp³-hybridized carbons (Fsp3) is 0.718. The first-order valence-corrected chi connectivity index (χ1v) is 17.9. The third-order valence-electron chi connectivity index (χ3n) is 7.33. The highest BCUT2D eigenvalue weighted by atomic mass is 16.6. The van der Waals surface area contributed by atoms with Crippen LogP contribution in [0.15, 0.2) is 60.8 Å². The van der Waals surface area contributed by atoms with Gasteiger partial charge in [-0.15, -0.1) is 0 Å². The van der Waals surface area contributed by atoms with Crippen LogP contribution in [0.4, 0.5) is 0 Å². The van der Waals surface area contributed by atoms with Crippen LogP contribution >= 0.6 is 0 Å². The van der Waals surface area contributed by atoms with E-state index in [0.717, 1.165) is 57.8 Å². The third kappa shape index (κ3) is 34.4. The van der Waals surface area contributed by atoms with Crippen LogP contribution < -0.4 is 0 Å². The van der Waals surface area contributed by atoms with Crippen molar-refractivity contribution in [3.63, 3.8) is 0 Å². The van der Waals surface area contributed by atoms with Crippen molar-refractivity contribution in [2.24, 2.45) is 0 Å². The third-order valence-corrected chi connectivity index (χ3v) is 7.33. The van der Waals surface area contributed by atoms with Gasteiger partial charge in [-0.2, -0.15) is 0 Å². The fourth-order valence-electron chi connectivity index (χ4n) is 4.66. The first-order valence-electron chi connectivity index (χ1n) is 17.9. The van der Waals surface area contributed by atoms with E-state index in [4.69, 9.17) is 9.47 Å². The van der Waals surface area contributed by atoms with Crippen molar-refractivity contribution in [1.29, 1.82) is 0 Å². The Morgan fingerprint density at radius 2 is 1.05 bits per heavy atom. The van der Waals surface area contributed by atoms with Crippen molar-refractivity contribution in [3.8, 4) is 0 Å². The number of carbonyl (C=O) groups excluding carboxylic acids is 1. The molecular weight excluding hydrogens is 532 g/mol.